The molecule has 0 spiro atoms. The fourth-order valence-corrected chi connectivity index (χ4v) is 2.08. The van der Waals surface area contributed by atoms with Crippen LogP contribution in [0.4, 0.5) is 8.78 Å². The van der Waals surface area contributed by atoms with Gasteiger partial charge in [0, 0.05) is 24.3 Å². The molecule has 0 aliphatic heterocycles. The molecule has 2 rings (SSSR count). The van der Waals surface area contributed by atoms with E-state index in [1.165, 1.54) is 6.07 Å². The van der Waals surface area contributed by atoms with E-state index >= 15 is 0 Å². The summed E-state index contributed by atoms with van der Waals surface area (Å²) >= 11 is 0. The van der Waals surface area contributed by atoms with Crippen LogP contribution < -0.4 is 0 Å². The van der Waals surface area contributed by atoms with Gasteiger partial charge in [-0.1, -0.05) is 6.07 Å². The molecule has 1 heterocycles. The Labute approximate surface area is 111 Å². The maximum Gasteiger partial charge on any atom is 0.159 e. The Bertz CT molecular complexity index is 559. The van der Waals surface area contributed by atoms with E-state index in [0.717, 1.165) is 28.6 Å². The topological polar surface area (TPSA) is 31.9 Å². The predicted octanol–water partition coefficient (Wildman–Crippen LogP) is 2.94. The SMILES string of the molecule is Cc1n[nH]c(C)c1CN(C)Cc1ccc(F)c(F)c1. The third-order valence-electron chi connectivity index (χ3n) is 3.15. The lowest BCUT2D eigenvalue weighted by molar-refractivity contribution is 0.317. The molecule has 1 aromatic carbocycles. The lowest BCUT2D eigenvalue weighted by atomic mass is 10.1. The van der Waals surface area contributed by atoms with Gasteiger partial charge in [-0.3, -0.25) is 10.00 Å². The second-order valence-corrected chi connectivity index (χ2v) is 4.83. The van der Waals surface area contributed by atoms with Gasteiger partial charge < -0.3 is 0 Å². The second-order valence-electron chi connectivity index (χ2n) is 4.83. The highest BCUT2D eigenvalue weighted by Gasteiger charge is 2.10. The molecule has 0 unspecified atom stereocenters. The fraction of sp³-hybridized carbons (Fsp3) is 0.357. The normalized spacial score (nSPS) is 11.3. The van der Waals surface area contributed by atoms with Crippen LogP contribution in [-0.4, -0.2) is 22.1 Å². The molecule has 1 aromatic heterocycles. The van der Waals surface area contributed by atoms with Crippen molar-refractivity contribution in [3.63, 3.8) is 0 Å². The molecule has 0 fully saturated rings. The van der Waals surface area contributed by atoms with Crippen LogP contribution in [0.3, 0.4) is 0 Å². The Kier molecular flexibility index (Phi) is 3.95. The summed E-state index contributed by atoms with van der Waals surface area (Å²) in [5, 5.41) is 7.08. The molecule has 2 aromatic rings. The van der Waals surface area contributed by atoms with Gasteiger partial charge in [0.05, 0.1) is 5.69 Å². The molecule has 3 nitrogen and oxygen atoms in total. The third-order valence-corrected chi connectivity index (χ3v) is 3.15. The summed E-state index contributed by atoms with van der Waals surface area (Å²) in [6.45, 7) is 5.19. The van der Waals surface area contributed by atoms with Gasteiger partial charge in [0.1, 0.15) is 0 Å². The highest BCUT2D eigenvalue weighted by Crippen LogP contribution is 2.15. The number of halogens is 2. The lowest BCUT2D eigenvalue weighted by Crippen LogP contribution is -2.18. The van der Waals surface area contributed by atoms with Crippen LogP contribution in [0.2, 0.25) is 0 Å². The zero-order chi connectivity index (χ0) is 14.0. The van der Waals surface area contributed by atoms with Gasteiger partial charge in [-0.05, 0) is 38.6 Å². The molecule has 5 heteroatoms. The monoisotopic (exact) mass is 265 g/mol. The van der Waals surface area contributed by atoms with Crippen LogP contribution in [0.15, 0.2) is 18.2 Å². The van der Waals surface area contributed by atoms with E-state index in [9.17, 15) is 8.78 Å². The number of H-pyrrole nitrogens is 1. The zero-order valence-electron chi connectivity index (χ0n) is 11.3. The van der Waals surface area contributed by atoms with Gasteiger partial charge in [-0.15, -0.1) is 0 Å². The Morgan fingerprint density at radius 1 is 1.16 bits per heavy atom. The summed E-state index contributed by atoms with van der Waals surface area (Å²) in [6.07, 6.45) is 0. The second kappa shape index (κ2) is 5.48. The van der Waals surface area contributed by atoms with Crippen LogP contribution >= 0.6 is 0 Å². The zero-order valence-corrected chi connectivity index (χ0v) is 11.3. The molecule has 0 aliphatic rings. The number of nitrogens with zero attached hydrogens (tertiary/aromatic N) is 2. The summed E-state index contributed by atoms with van der Waals surface area (Å²) in [6, 6.07) is 4.00. The van der Waals surface area contributed by atoms with Crippen molar-refractivity contribution in [1.29, 1.82) is 0 Å². The minimum atomic E-state index is -0.812. The van der Waals surface area contributed by atoms with E-state index in [1.807, 2.05) is 25.8 Å². The number of aromatic nitrogens is 2. The number of aromatic amines is 1. The summed E-state index contributed by atoms with van der Waals surface area (Å²) < 4.78 is 26.0. The Hall–Kier alpha value is -1.75. The van der Waals surface area contributed by atoms with Crippen LogP contribution in [0.5, 0.6) is 0 Å². The Balaban J connectivity index is 2.05. The summed E-state index contributed by atoms with van der Waals surface area (Å²) in [7, 11) is 1.94. The molecule has 0 bridgehead atoms. The molecule has 0 saturated carbocycles. The quantitative estimate of drug-likeness (QED) is 0.921. The number of nitrogens with one attached hydrogen (secondary N) is 1. The minimum absolute atomic E-state index is 0.557. The average Bonchev–Trinajstić information content (AvgIpc) is 2.66. The number of hydrogen-bond acceptors (Lipinski definition) is 2. The standard InChI is InChI=1S/C14H17F2N3/c1-9-12(10(2)18-17-9)8-19(3)7-11-4-5-13(15)14(16)6-11/h4-6H,7-8H2,1-3H3,(H,17,18). The van der Waals surface area contributed by atoms with Crippen molar-refractivity contribution in [2.75, 3.05) is 7.05 Å². The van der Waals surface area contributed by atoms with E-state index in [-0.39, 0.29) is 0 Å². The first-order valence-corrected chi connectivity index (χ1v) is 6.10. The van der Waals surface area contributed by atoms with Crippen molar-refractivity contribution < 1.29 is 8.78 Å². The molecular formula is C14H17F2N3. The van der Waals surface area contributed by atoms with E-state index in [0.29, 0.717) is 13.1 Å². The third kappa shape index (κ3) is 3.17. The Morgan fingerprint density at radius 2 is 1.89 bits per heavy atom. The average molecular weight is 265 g/mol. The fourth-order valence-electron chi connectivity index (χ4n) is 2.08. The highest BCUT2D eigenvalue weighted by molar-refractivity contribution is 5.23. The highest BCUT2D eigenvalue weighted by atomic mass is 19.2. The summed E-state index contributed by atoms with van der Waals surface area (Å²) in [5.74, 6) is -1.62. The maximum absolute atomic E-state index is 13.1. The number of aryl methyl sites for hydroxylation is 2. The largest absolute Gasteiger partial charge is 0.298 e. The molecular weight excluding hydrogens is 248 g/mol. The first-order valence-electron chi connectivity index (χ1n) is 6.10. The van der Waals surface area contributed by atoms with E-state index in [2.05, 4.69) is 10.2 Å². The van der Waals surface area contributed by atoms with Crippen LogP contribution in [0.1, 0.15) is 22.5 Å². The van der Waals surface area contributed by atoms with Gasteiger partial charge in [0.25, 0.3) is 0 Å². The van der Waals surface area contributed by atoms with Crippen molar-refractivity contribution in [3.8, 4) is 0 Å². The molecule has 0 amide bonds. The van der Waals surface area contributed by atoms with E-state index in [1.54, 1.807) is 6.07 Å². The van der Waals surface area contributed by atoms with Gasteiger partial charge >= 0.3 is 0 Å². The lowest BCUT2D eigenvalue weighted by Gasteiger charge is -2.17. The Morgan fingerprint density at radius 3 is 2.47 bits per heavy atom. The number of benzene rings is 1. The van der Waals surface area contributed by atoms with Gasteiger partial charge in [-0.25, -0.2) is 8.78 Å². The first kappa shape index (κ1) is 13.7. The smallest absolute Gasteiger partial charge is 0.159 e. The molecule has 1 N–H and O–H groups in total. The van der Waals surface area contributed by atoms with Gasteiger partial charge in [0.2, 0.25) is 0 Å². The molecule has 102 valence electrons. The molecule has 0 aliphatic carbocycles. The van der Waals surface area contributed by atoms with Crippen molar-refractivity contribution in [3.05, 3.63) is 52.3 Å². The van der Waals surface area contributed by atoms with Crippen molar-refractivity contribution in [2.24, 2.45) is 0 Å². The van der Waals surface area contributed by atoms with Gasteiger partial charge in [0.15, 0.2) is 11.6 Å². The van der Waals surface area contributed by atoms with Gasteiger partial charge in [-0.2, -0.15) is 5.10 Å². The van der Waals surface area contributed by atoms with Crippen LogP contribution in [0, 0.1) is 25.5 Å². The molecule has 0 radical (unpaired) electrons. The minimum Gasteiger partial charge on any atom is -0.298 e. The molecule has 0 saturated heterocycles. The maximum atomic E-state index is 13.1. The summed E-state index contributed by atoms with van der Waals surface area (Å²) in [4.78, 5) is 2.04. The molecule has 19 heavy (non-hydrogen) atoms. The van der Waals surface area contributed by atoms with Crippen LogP contribution in [-0.2, 0) is 13.1 Å². The van der Waals surface area contributed by atoms with E-state index in [4.69, 9.17) is 0 Å². The van der Waals surface area contributed by atoms with Crippen molar-refractivity contribution >= 4 is 0 Å². The van der Waals surface area contributed by atoms with E-state index < -0.39 is 11.6 Å². The number of rotatable bonds is 4. The molecule has 0 atom stereocenters. The van der Waals surface area contributed by atoms with Crippen LogP contribution in [0.25, 0.3) is 0 Å². The van der Waals surface area contributed by atoms with Crippen molar-refractivity contribution in [2.45, 2.75) is 26.9 Å². The number of hydrogen-bond donors (Lipinski definition) is 1. The van der Waals surface area contributed by atoms with Crippen molar-refractivity contribution in [1.82, 2.24) is 15.1 Å². The first-order chi connectivity index (χ1) is 8.97. The summed E-state index contributed by atoms with van der Waals surface area (Å²) in [5.41, 5.74) is 3.90. The predicted molar refractivity (Wildman–Crippen MR) is 69.6 cm³/mol.